The van der Waals surface area contributed by atoms with E-state index in [2.05, 4.69) is 15.4 Å². The van der Waals surface area contributed by atoms with Crippen molar-refractivity contribution in [3.05, 3.63) is 66.7 Å². The molecule has 3 aromatic rings. The molecular formula is C36H38BN5O8S. The lowest BCUT2D eigenvalue weighted by molar-refractivity contribution is -0.141. The van der Waals surface area contributed by atoms with Crippen molar-refractivity contribution in [1.29, 1.82) is 0 Å². The van der Waals surface area contributed by atoms with Crippen LogP contribution in [-0.2, 0) is 24.4 Å². The first-order valence-electron chi connectivity index (χ1n) is 17.1. The minimum absolute atomic E-state index is 0.00849. The van der Waals surface area contributed by atoms with E-state index < -0.39 is 68.4 Å². The molecule has 264 valence electrons. The van der Waals surface area contributed by atoms with Gasteiger partial charge in [0.25, 0.3) is 5.91 Å². The fraction of sp³-hybridized carbons (Fsp3) is 0.417. The molecule has 4 aliphatic rings. The smallest absolute Gasteiger partial charge is 0.259 e. The second kappa shape index (κ2) is 13.7. The number of hydrogen-bond donors (Lipinski definition) is 3. The first kappa shape index (κ1) is 34.5. The van der Waals surface area contributed by atoms with E-state index in [9.17, 15) is 27.6 Å². The molecule has 1 saturated heterocycles. The molecule has 3 fully saturated rings. The summed E-state index contributed by atoms with van der Waals surface area (Å²) in [6, 6.07) is 14.7. The van der Waals surface area contributed by atoms with Crippen molar-refractivity contribution < 1.29 is 37.1 Å². The van der Waals surface area contributed by atoms with Gasteiger partial charge in [-0.25, -0.2) is 13.4 Å². The summed E-state index contributed by atoms with van der Waals surface area (Å²) < 4.78 is 39.7. The molecule has 3 heterocycles. The van der Waals surface area contributed by atoms with Crippen molar-refractivity contribution in [1.82, 2.24) is 25.2 Å². The third-order valence-electron chi connectivity index (χ3n) is 10.0. The van der Waals surface area contributed by atoms with Crippen molar-refractivity contribution in [3.8, 4) is 22.8 Å². The average Bonchev–Trinajstić information content (AvgIpc) is 4.04. The number of hydrogen-bond acceptors (Lipinski definition) is 9. The SMILES string of the molecule is [B]C(=O)N[C@H]1CCC/C=C/C2C[C@@]2(C(=O)NS(=O)(=O)C2CC2)NC(=O)[C@@H]2C[C@@H](Oc3cc(-c4ccccc4)nc4cc(OC)ccc34)CN2C1=O. The standard InChI is InChI=1S/C36H38BN5O8S/c1-49-23-12-15-26-29(16-23)38-28(21-8-4-2-5-9-21)18-31(26)50-24-17-30-32(43)40-36(34(45)41-51(47,48)25-13-14-25)19-22(36)10-6-3-7-11-27(39-35(37)46)33(44)42(30)20-24/h2,4-6,8-10,12,15-16,18,22,24-25,27,30H,3,7,11,13-14,17,19-20H2,1H3,(H,39,46)(H,40,43)(H,41,45)/b10-6+/t22?,24-,27+,30+,36-/m1/s1. The van der Waals surface area contributed by atoms with Crippen LogP contribution in [0.5, 0.6) is 11.5 Å². The van der Waals surface area contributed by atoms with E-state index in [1.54, 1.807) is 25.3 Å². The monoisotopic (exact) mass is 711 g/mol. The van der Waals surface area contributed by atoms with Crippen LogP contribution in [0.25, 0.3) is 22.2 Å². The molecule has 13 nitrogen and oxygen atoms in total. The predicted octanol–water partition coefficient (Wildman–Crippen LogP) is 2.73. The summed E-state index contributed by atoms with van der Waals surface area (Å²) in [5.41, 5.74) is 0.629. The highest BCUT2D eigenvalue weighted by molar-refractivity contribution is 7.91. The van der Waals surface area contributed by atoms with Crippen molar-refractivity contribution in [2.24, 2.45) is 5.92 Å². The lowest BCUT2D eigenvalue weighted by Gasteiger charge is -2.29. The number of nitrogens with one attached hydrogen (secondary N) is 3. The summed E-state index contributed by atoms with van der Waals surface area (Å²) in [6.07, 6.45) is 5.45. The van der Waals surface area contributed by atoms with E-state index in [-0.39, 0.29) is 25.8 Å². The molecule has 2 radical (unpaired) electrons. The molecule has 15 heteroatoms. The maximum absolute atomic E-state index is 14.2. The largest absolute Gasteiger partial charge is 0.497 e. The molecule has 0 spiro atoms. The summed E-state index contributed by atoms with van der Waals surface area (Å²) in [4.78, 5) is 60.1. The molecule has 1 aromatic heterocycles. The second-order valence-electron chi connectivity index (χ2n) is 13.6. The summed E-state index contributed by atoms with van der Waals surface area (Å²) >= 11 is 0. The van der Waals surface area contributed by atoms with E-state index in [1.165, 1.54) is 4.90 Å². The first-order chi connectivity index (χ1) is 24.5. The van der Waals surface area contributed by atoms with E-state index >= 15 is 0 Å². The number of methoxy groups -OCH3 is 1. The Hall–Kier alpha value is -4.92. The lowest BCUT2D eigenvalue weighted by atomic mass is 10.0. The number of aromatic nitrogens is 1. The Balaban J connectivity index is 1.22. The van der Waals surface area contributed by atoms with Crippen molar-refractivity contribution in [2.45, 2.75) is 73.9 Å². The summed E-state index contributed by atoms with van der Waals surface area (Å²) in [7, 11) is 3.15. The number of fused-ring (bicyclic) bond motifs is 3. The van der Waals surface area contributed by atoms with E-state index in [4.69, 9.17) is 22.3 Å². The fourth-order valence-electron chi connectivity index (χ4n) is 7.01. The Kier molecular flexibility index (Phi) is 9.25. The van der Waals surface area contributed by atoms with Gasteiger partial charge in [-0.1, -0.05) is 42.5 Å². The molecular weight excluding hydrogens is 673 g/mol. The topological polar surface area (TPSA) is 173 Å². The summed E-state index contributed by atoms with van der Waals surface area (Å²) in [5, 5.41) is 5.44. The van der Waals surface area contributed by atoms with Crippen LogP contribution in [0.3, 0.4) is 0 Å². The first-order valence-corrected chi connectivity index (χ1v) is 18.6. The zero-order valence-corrected chi connectivity index (χ0v) is 28.9. The maximum atomic E-state index is 14.2. The van der Waals surface area contributed by atoms with Crippen LogP contribution in [-0.4, -0.2) is 92.3 Å². The van der Waals surface area contributed by atoms with Gasteiger partial charge in [0.2, 0.25) is 29.7 Å². The number of allylic oxidation sites excluding steroid dienone is 1. The number of carbonyl (C=O) groups excluding carboxylic acids is 4. The lowest BCUT2D eigenvalue weighted by Crippen LogP contribution is -2.58. The Morgan fingerprint density at radius 2 is 1.86 bits per heavy atom. The van der Waals surface area contributed by atoms with Gasteiger partial charge in [0.05, 0.1) is 30.1 Å². The van der Waals surface area contributed by atoms with Gasteiger partial charge in [-0.05, 0) is 50.7 Å². The van der Waals surface area contributed by atoms with Gasteiger partial charge in [0, 0.05) is 35.4 Å². The molecule has 3 N–H and O–H groups in total. The minimum Gasteiger partial charge on any atom is -0.497 e. The fourth-order valence-corrected chi connectivity index (χ4v) is 8.37. The van der Waals surface area contributed by atoms with Gasteiger partial charge >= 0.3 is 0 Å². The summed E-state index contributed by atoms with van der Waals surface area (Å²) in [5.74, 6) is -2.16. The van der Waals surface area contributed by atoms with Gasteiger partial charge in [-0.2, -0.15) is 0 Å². The van der Waals surface area contributed by atoms with Gasteiger partial charge in [-0.3, -0.25) is 23.9 Å². The van der Waals surface area contributed by atoms with Crippen molar-refractivity contribution >= 4 is 52.3 Å². The molecule has 5 atom stereocenters. The third kappa shape index (κ3) is 7.16. The highest BCUT2D eigenvalue weighted by Gasteiger charge is 2.62. The zero-order valence-electron chi connectivity index (χ0n) is 28.0. The highest BCUT2D eigenvalue weighted by Crippen LogP contribution is 2.46. The van der Waals surface area contributed by atoms with Gasteiger partial charge < -0.3 is 25.0 Å². The number of rotatable bonds is 8. The van der Waals surface area contributed by atoms with Crippen LogP contribution in [0, 0.1) is 5.92 Å². The second-order valence-corrected chi connectivity index (χ2v) is 15.6. The van der Waals surface area contributed by atoms with Crippen LogP contribution in [0.15, 0.2) is 66.7 Å². The number of amides is 4. The maximum Gasteiger partial charge on any atom is 0.259 e. The molecule has 51 heavy (non-hydrogen) atoms. The van der Waals surface area contributed by atoms with Gasteiger partial charge in [0.15, 0.2) is 5.81 Å². The molecule has 2 aliphatic heterocycles. The highest BCUT2D eigenvalue weighted by atomic mass is 32.2. The number of benzene rings is 2. The zero-order chi connectivity index (χ0) is 35.9. The Bertz CT molecular complexity index is 2020. The minimum atomic E-state index is -3.88. The summed E-state index contributed by atoms with van der Waals surface area (Å²) in [6.45, 7) is -0.00849. The normalized spacial score (nSPS) is 27.0. The molecule has 2 saturated carbocycles. The number of nitrogens with zero attached hydrogens (tertiary/aromatic N) is 2. The van der Waals surface area contributed by atoms with Gasteiger partial charge in [0.1, 0.15) is 35.2 Å². The molecule has 1 unspecified atom stereocenters. The van der Waals surface area contributed by atoms with Crippen LogP contribution < -0.4 is 24.8 Å². The predicted molar refractivity (Wildman–Crippen MR) is 188 cm³/mol. The molecule has 2 aliphatic carbocycles. The van der Waals surface area contributed by atoms with E-state index in [0.29, 0.717) is 53.8 Å². The van der Waals surface area contributed by atoms with E-state index in [1.807, 2.05) is 48.5 Å². The van der Waals surface area contributed by atoms with Crippen molar-refractivity contribution in [2.75, 3.05) is 13.7 Å². The number of sulfonamides is 1. The Morgan fingerprint density at radius 3 is 2.59 bits per heavy atom. The van der Waals surface area contributed by atoms with Crippen LogP contribution in [0.1, 0.15) is 44.9 Å². The molecule has 0 bridgehead atoms. The Morgan fingerprint density at radius 1 is 1.08 bits per heavy atom. The van der Waals surface area contributed by atoms with Crippen molar-refractivity contribution in [3.63, 3.8) is 0 Å². The quantitative estimate of drug-likeness (QED) is 0.235. The van der Waals surface area contributed by atoms with Crippen LogP contribution in [0.2, 0.25) is 0 Å². The Labute approximate surface area is 297 Å². The van der Waals surface area contributed by atoms with Crippen LogP contribution >= 0.6 is 0 Å². The van der Waals surface area contributed by atoms with Crippen LogP contribution in [0.4, 0.5) is 4.79 Å². The average molecular weight is 712 g/mol. The molecule has 2 aromatic carbocycles. The molecule has 4 amide bonds. The molecule has 7 rings (SSSR count). The number of ether oxygens (including phenoxy) is 2. The number of carbonyl (C=O) groups is 4. The van der Waals surface area contributed by atoms with E-state index in [0.717, 1.165) is 5.56 Å². The van der Waals surface area contributed by atoms with Gasteiger partial charge in [-0.15, -0.1) is 0 Å². The number of pyridine rings is 1. The third-order valence-corrected chi connectivity index (χ3v) is 11.8.